The van der Waals surface area contributed by atoms with Crippen molar-refractivity contribution >= 4 is 0 Å². The van der Waals surface area contributed by atoms with E-state index in [1.165, 1.54) is 16.7 Å². The summed E-state index contributed by atoms with van der Waals surface area (Å²) >= 11 is 0. The minimum atomic E-state index is 0.284. The van der Waals surface area contributed by atoms with Gasteiger partial charge in [0.15, 0.2) is 0 Å². The van der Waals surface area contributed by atoms with Crippen molar-refractivity contribution in [3.05, 3.63) is 47.1 Å². The maximum atomic E-state index is 9.59. The van der Waals surface area contributed by atoms with Gasteiger partial charge in [-0.3, -0.25) is 0 Å². The van der Waals surface area contributed by atoms with Crippen LogP contribution < -0.4 is 0 Å². The molecule has 0 saturated carbocycles. The summed E-state index contributed by atoms with van der Waals surface area (Å²) in [5, 5.41) is 9.59. The average molecular weight is 214 g/mol. The SMILES string of the molecule is C/C=C\[C@H]1C2=C(C3=C[C@H]3C=C2)C(CO)C1C. The third-order valence-corrected chi connectivity index (χ3v) is 4.24. The van der Waals surface area contributed by atoms with Crippen LogP contribution in [0, 0.1) is 23.7 Å². The lowest BCUT2D eigenvalue weighted by atomic mass is 9.87. The maximum Gasteiger partial charge on any atom is 0.0502 e. The van der Waals surface area contributed by atoms with E-state index in [1.807, 2.05) is 0 Å². The summed E-state index contributed by atoms with van der Waals surface area (Å²) in [4.78, 5) is 0. The van der Waals surface area contributed by atoms with Gasteiger partial charge in [0.05, 0.1) is 6.61 Å². The molecule has 3 aliphatic carbocycles. The Balaban J connectivity index is 2.05. The average Bonchev–Trinajstić information content (AvgIpc) is 3.02. The second-order valence-corrected chi connectivity index (χ2v) is 5.08. The fourth-order valence-corrected chi connectivity index (χ4v) is 3.30. The molecule has 0 spiro atoms. The monoisotopic (exact) mass is 214 g/mol. The van der Waals surface area contributed by atoms with Crippen molar-refractivity contribution in [2.75, 3.05) is 6.61 Å². The number of allylic oxidation sites excluding steroid dienone is 7. The highest BCUT2D eigenvalue weighted by Crippen LogP contribution is 2.54. The molecule has 0 heterocycles. The Morgan fingerprint density at radius 1 is 1.44 bits per heavy atom. The van der Waals surface area contributed by atoms with Gasteiger partial charge in [0.1, 0.15) is 0 Å². The van der Waals surface area contributed by atoms with Crippen LogP contribution in [0.5, 0.6) is 0 Å². The van der Waals surface area contributed by atoms with Crippen LogP contribution in [-0.2, 0) is 0 Å². The predicted molar refractivity (Wildman–Crippen MR) is 65.8 cm³/mol. The third-order valence-electron chi connectivity index (χ3n) is 4.24. The number of hydrogen-bond donors (Lipinski definition) is 1. The molecule has 3 rings (SSSR count). The summed E-state index contributed by atoms with van der Waals surface area (Å²) in [7, 11) is 0. The predicted octanol–water partition coefficient (Wildman–Crippen LogP) is 2.86. The lowest BCUT2D eigenvalue weighted by molar-refractivity contribution is 0.208. The molecule has 16 heavy (non-hydrogen) atoms. The van der Waals surface area contributed by atoms with Gasteiger partial charge < -0.3 is 5.11 Å². The Bertz CT molecular complexity index is 436. The van der Waals surface area contributed by atoms with E-state index in [2.05, 4.69) is 44.2 Å². The highest BCUT2D eigenvalue weighted by atomic mass is 16.3. The molecule has 4 atom stereocenters. The minimum absolute atomic E-state index is 0.284. The maximum absolute atomic E-state index is 9.59. The van der Waals surface area contributed by atoms with Crippen molar-refractivity contribution in [1.29, 1.82) is 0 Å². The molecule has 0 bridgehead atoms. The summed E-state index contributed by atoms with van der Waals surface area (Å²) in [6.45, 7) is 4.62. The molecule has 84 valence electrons. The highest BCUT2D eigenvalue weighted by Gasteiger charge is 2.44. The van der Waals surface area contributed by atoms with Gasteiger partial charge >= 0.3 is 0 Å². The normalized spacial score (nSPS) is 40.1. The van der Waals surface area contributed by atoms with E-state index in [4.69, 9.17) is 0 Å². The Hall–Kier alpha value is -1.08. The van der Waals surface area contributed by atoms with E-state index in [1.54, 1.807) is 0 Å². The second kappa shape index (κ2) is 3.46. The van der Waals surface area contributed by atoms with E-state index in [-0.39, 0.29) is 6.61 Å². The smallest absolute Gasteiger partial charge is 0.0502 e. The van der Waals surface area contributed by atoms with Crippen molar-refractivity contribution in [2.24, 2.45) is 23.7 Å². The number of aliphatic hydroxyl groups excluding tert-OH is 1. The second-order valence-electron chi connectivity index (χ2n) is 5.08. The Morgan fingerprint density at radius 3 is 2.94 bits per heavy atom. The van der Waals surface area contributed by atoms with Crippen molar-refractivity contribution in [2.45, 2.75) is 13.8 Å². The summed E-state index contributed by atoms with van der Waals surface area (Å²) in [6.07, 6.45) is 11.3. The van der Waals surface area contributed by atoms with Crippen LogP contribution in [0.4, 0.5) is 0 Å². The van der Waals surface area contributed by atoms with Crippen molar-refractivity contribution < 1.29 is 5.11 Å². The molecule has 0 aromatic heterocycles. The molecule has 0 amide bonds. The van der Waals surface area contributed by atoms with Gasteiger partial charge in [-0.1, -0.05) is 37.3 Å². The Kier molecular flexibility index (Phi) is 2.18. The van der Waals surface area contributed by atoms with Gasteiger partial charge in [-0.2, -0.15) is 0 Å². The molecular weight excluding hydrogens is 196 g/mol. The molecular formula is C15H18O. The van der Waals surface area contributed by atoms with Crippen LogP contribution in [0.1, 0.15) is 13.8 Å². The lowest BCUT2D eigenvalue weighted by Gasteiger charge is -2.19. The van der Waals surface area contributed by atoms with Crippen LogP contribution in [-0.4, -0.2) is 11.7 Å². The van der Waals surface area contributed by atoms with Gasteiger partial charge in [0.25, 0.3) is 0 Å². The van der Waals surface area contributed by atoms with Crippen LogP contribution in [0.3, 0.4) is 0 Å². The zero-order valence-electron chi connectivity index (χ0n) is 9.85. The van der Waals surface area contributed by atoms with Crippen molar-refractivity contribution in [1.82, 2.24) is 0 Å². The zero-order valence-corrected chi connectivity index (χ0v) is 9.85. The first-order chi connectivity index (χ1) is 7.77. The van der Waals surface area contributed by atoms with Gasteiger partial charge in [-0.15, -0.1) is 0 Å². The van der Waals surface area contributed by atoms with Gasteiger partial charge in [-0.25, -0.2) is 0 Å². The van der Waals surface area contributed by atoms with Crippen LogP contribution in [0.25, 0.3) is 0 Å². The summed E-state index contributed by atoms with van der Waals surface area (Å²) < 4.78 is 0. The van der Waals surface area contributed by atoms with Crippen LogP contribution >= 0.6 is 0 Å². The molecule has 0 fully saturated rings. The van der Waals surface area contributed by atoms with Gasteiger partial charge in [0.2, 0.25) is 0 Å². The minimum Gasteiger partial charge on any atom is -0.396 e. The first-order valence-electron chi connectivity index (χ1n) is 6.16. The van der Waals surface area contributed by atoms with Gasteiger partial charge in [-0.05, 0) is 29.6 Å². The van der Waals surface area contributed by atoms with Gasteiger partial charge in [0, 0.05) is 17.8 Å². The topological polar surface area (TPSA) is 20.2 Å². The zero-order chi connectivity index (χ0) is 11.3. The molecule has 0 aliphatic heterocycles. The molecule has 0 aromatic carbocycles. The summed E-state index contributed by atoms with van der Waals surface area (Å²) in [5.74, 6) is 1.95. The number of hydrogen-bond acceptors (Lipinski definition) is 1. The van der Waals surface area contributed by atoms with E-state index in [0.29, 0.717) is 23.7 Å². The Labute approximate surface area is 96.9 Å². The molecule has 0 aromatic rings. The highest BCUT2D eigenvalue weighted by molar-refractivity contribution is 5.62. The van der Waals surface area contributed by atoms with E-state index >= 15 is 0 Å². The molecule has 3 aliphatic rings. The molecule has 0 radical (unpaired) electrons. The van der Waals surface area contributed by atoms with E-state index in [0.717, 1.165) is 0 Å². The fourth-order valence-electron chi connectivity index (χ4n) is 3.30. The van der Waals surface area contributed by atoms with E-state index in [9.17, 15) is 5.11 Å². The standard InChI is InChI=1S/C15H18O/c1-3-4-11-9(2)14(8-16)15-12(11)6-5-10-7-13(10)15/h3-7,9-11,14,16H,8H2,1-2H3/b4-3-/t9?,10-,11-,14?/m1/s1. The van der Waals surface area contributed by atoms with Crippen LogP contribution in [0.2, 0.25) is 0 Å². The molecule has 0 saturated heterocycles. The quantitative estimate of drug-likeness (QED) is 0.701. The number of rotatable bonds is 2. The molecule has 2 unspecified atom stereocenters. The van der Waals surface area contributed by atoms with E-state index < -0.39 is 0 Å². The first kappa shape index (κ1) is 10.1. The summed E-state index contributed by atoms with van der Waals surface area (Å²) in [5.41, 5.74) is 4.38. The largest absolute Gasteiger partial charge is 0.396 e. The van der Waals surface area contributed by atoms with Crippen molar-refractivity contribution in [3.8, 4) is 0 Å². The van der Waals surface area contributed by atoms with Crippen molar-refractivity contribution in [3.63, 3.8) is 0 Å². The van der Waals surface area contributed by atoms with Crippen LogP contribution in [0.15, 0.2) is 47.1 Å². The molecule has 1 nitrogen and oxygen atoms in total. The molecule has 1 N–H and O–H groups in total. The summed E-state index contributed by atoms with van der Waals surface area (Å²) in [6, 6.07) is 0. The fraction of sp³-hybridized carbons (Fsp3) is 0.467. The lowest BCUT2D eigenvalue weighted by Crippen LogP contribution is -2.17. The number of fused-ring (bicyclic) bond motifs is 2. The third kappa shape index (κ3) is 1.21. The molecule has 1 heteroatoms. The number of aliphatic hydroxyl groups is 1. The Morgan fingerprint density at radius 2 is 2.25 bits per heavy atom. The first-order valence-corrected chi connectivity index (χ1v) is 6.16.